The average Bonchev–Trinajstić information content (AvgIpc) is 2.86. The molecule has 0 spiro atoms. The summed E-state index contributed by atoms with van der Waals surface area (Å²) < 4.78 is 11.0. The number of carbonyl (C=O) groups excluding carboxylic acids is 2. The lowest BCUT2D eigenvalue weighted by atomic mass is 9.69. The molecule has 35 heavy (non-hydrogen) atoms. The average molecular weight is 477 g/mol. The van der Waals surface area contributed by atoms with Gasteiger partial charge in [0.1, 0.15) is 11.7 Å². The van der Waals surface area contributed by atoms with Gasteiger partial charge in [0.25, 0.3) is 5.69 Å². The smallest absolute Gasteiger partial charge is 0.315 e. The lowest BCUT2D eigenvalue weighted by Gasteiger charge is -2.36. The van der Waals surface area contributed by atoms with E-state index < -0.39 is 22.7 Å². The van der Waals surface area contributed by atoms with Crippen LogP contribution in [-0.4, -0.2) is 36.1 Å². The summed E-state index contributed by atoms with van der Waals surface area (Å²) in [5.74, 6) is -1.29. The topological polar surface area (TPSA) is 108 Å². The highest BCUT2D eigenvalue weighted by Gasteiger charge is 2.45. The summed E-state index contributed by atoms with van der Waals surface area (Å²) >= 11 is 0. The second-order valence-corrected chi connectivity index (χ2v) is 8.86. The third-order valence-electron chi connectivity index (χ3n) is 6.63. The van der Waals surface area contributed by atoms with Crippen molar-refractivity contribution < 1.29 is 24.0 Å². The van der Waals surface area contributed by atoms with Crippen LogP contribution in [0.1, 0.15) is 56.1 Å². The van der Waals surface area contributed by atoms with Gasteiger partial charge in [0.2, 0.25) is 0 Å². The summed E-state index contributed by atoms with van der Waals surface area (Å²) in [6.45, 7) is 3.95. The molecule has 4 rings (SSSR count). The molecule has 0 radical (unpaired) electrons. The Morgan fingerprint density at radius 3 is 2.51 bits per heavy atom. The fraction of sp³-hybridized carbons (Fsp3) is 0.370. The summed E-state index contributed by atoms with van der Waals surface area (Å²) in [4.78, 5) is 42.2. The minimum atomic E-state index is -0.770. The Labute approximate surface area is 203 Å². The summed E-state index contributed by atoms with van der Waals surface area (Å²) in [6.07, 6.45) is 1.46. The first kappa shape index (κ1) is 24.3. The minimum Gasteiger partial charge on any atom is -0.496 e. The maximum atomic E-state index is 13.6. The molecule has 1 aliphatic carbocycles. The van der Waals surface area contributed by atoms with E-state index in [9.17, 15) is 19.7 Å². The van der Waals surface area contributed by atoms with Gasteiger partial charge >= 0.3 is 5.97 Å². The molecule has 0 fully saturated rings. The third-order valence-corrected chi connectivity index (χ3v) is 6.63. The van der Waals surface area contributed by atoms with Crippen molar-refractivity contribution in [2.24, 2.45) is 10.9 Å². The molecule has 3 atom stereocenters. The molecule has 0 aromatic heterocycles. The number of ketones is 1. The number of esters is 1. The highest BCUT2D eigenvalue weighted by atomic mass is 16.6. The Morgan fingerprint density at radius 2 is 1.86 bits per heavy atom. The second kappa shape index (κ2) is 10.2. The Bertz CT molecular complexity index is 1210. The predicted octanol–water partition coefficient (Wildman–Crippen LogP) is 5.13. The van der Waals surface area contributed by atoms with Crippen LogP contribution in [0.4, 0.5) is 5.69 Å². The van der Waals surface area contributed by atoms with Gasteiger partial charge in [-0.25, -0.2) is 0 Å². The van der Waals surface area contributed by atoms with Crippen LogP contribution in [0.5, 0.6) is 5.75 Å². The summed E-state index contributed by atoms with van der Waals surface area (Å²) in [6, 6.07) is 13.7. The van der Waals surface area contributed by atoms with Gasteiger partial charge in [-0.3, -0.25) is 24.7 Å². The van der Waals surface area contributed by atoms with Crippen LogP contribution in [0.25, 0.3) is 0 Å². The van der Waals surface area contributed by atoms with Crippen LogP contribution in [-0.2, 0) is 14.3 Å². The Morgan fingerprint density at radius 1 is 1.14 bits per heavy atom. The number of nitrogens with zero attached hydrogens (tertiary/aromatic N) is 2. The largest absolute Gasteiger partial charge is 0.496 e. The van der Waals surface area contributed by atoms with Crippen molar-refractivity contribution in [1.82, 2.24) is 0 Å². The van der Waals surface area contributed by atoms with E-state index in [1.54, 1.807) is 26.2 Å². The molecule has 3 unspecified atom stereocenters. The van der Waals surface area contributed by atoms with Crippen molar-refractivity contribution in [3.63, 3.8) is 0 Å². The lowest BCUT2D eigenvalue weighted by Crippen LogP contribution is -2.38. The first-order valence-corrected chi connectivity index (χ1v) is 11.7. The first-order valence-electron chi connectivity index (χ1n) is 11.7. The van der Waals surface area contributed by atoms with E-state index in [1.165, 1.54) is 12.1 Å². The zero-order valence-corrected chi connectivity index (χ0v) is 20.0. The Kier molecular flexibility index (Phi) is 7.10. The van der Waals surface area contributed by atoms with Gasteiger partial charge in [-0.2, -0.15) is 0 Å². The fourth-order valence-electron chi connectivity index (χ4n) is 5.04. The number of ether oxygens (including phenoxy) is 2. The molecule has 182 valence electrons. The normalized spacial score (nSPS) is 21.7. The molecule has 0 amide bonds. The van der Waals surface area contributed by atoms with E-state index >= 15 is 0 Å². The number of Topliss-reactive ketones (excluding diaryl/α,β-unsaturated/α-hetero) is 1. The lowest BCUT2D eigenvalue weighted by molar-refractivity contribution is -0.384. The second-order valence-electron chi connectivity index (χ2n) is 8.86. The van der Waals surface area contributed by atoms with E-state index in [0.29, 0.717) is 35.4 Å². The molecule has 0 N–H and O–H groups in total. The van der Waals surface area contributed by atoms with Gasteiger partial charge in [-0.15, -0.1) is 0 Å². The molecular weight excluding hydrogens is 448 g/mol. The van der Waals surface area contributed by atoms with Gasteiger partial charge in [0.15, 0.2) is 5.78 Å². The predicted molar refractivity (Wildman–Crippen MR) is 131 cm³/mol. The molecule has 0 saturated carbocycles. The van der Waals surface area contributed by atoms with Gasteiger partial charge in [-0.1, -0.05) is 37.3 Å². The number of rotatable bonds is 7. The molecule has 1 aliphatic heterocycles. The zero-order valence-electron chi connectivity index (χ0n) is 20.0. The van der Waals surface area contributed by atoms with Crippen LogP contribution in [0, 0.1) is 16.0 Å². The number of non-ortho nitro benzene ring substituents is 1. The highest BCUT2D eigenvalue weighted by molar-refractivity contribution is 6.09. The van der Waals surface area contributed by atoms with Crippen molar-refractivity contribution in [2.75, 3.05) is 13.7 Å². The number of nitro groups is 1. The highest BCUT2D eigenvalue weighted by Crippen LogP contribution is 2.48. The van der Waals surface area contributed by atoms with E-state index in [2.05, 4.69) is 0 Å². The number of para-hydroxylation sites is 1. The van der Waals surface area contributed by atoms with Crippen LogP contribution in [0.2, 0.25) is 0 Å². The van der Waals surface area contributed by atoms with Gasteiger partial charge in [-0.05, 0) is 37.0 Å². The molecule has 0 saturated heterocycles. The monoisotopic (exact) mass is 476 g/mol. The zero-order chi connectivity index (χ0) is 25.1. The molecule has 2 aromatic carbocycles. The molecule has 2 aromatic rings. The molecule has 2 aliphatic rings. The maximum Gasteiger partial charge on any atom is 0.315 e. The number of hydrogen-bond donors (Lipinski definition) is 0. The van der Waals surface area contributed by atoms with Crippen molar-refractivity contribution in [1.29, 1.82) is 0 Å². The number of hydrogen-bond acceptors (Lipinski definition) is 7. The summed E-state index contributed by atoms with van der Waals surface area (Å²) in [5.41, 5.74) is 3.26. The maximum absolute atomic E-state index is 13.6. The van der Waals surface area contributed by atoms with Gasteiger partial charge in [0.05, 0.1) is 18.6 Å². The summed E-state index contributed by atoms with van der Waals surface area (Å²) in [7, 11) is 1.61. The minimum absolute atomic E-state index is 0.0551. The molecule has 1 heterocycles. The molecule has 8 heteroatoms. The SMILES string of the molecule is CCCOC(=O)C1C(C)=NC2=C(C(=O)CC(c3ccccc3OC)C2)C1c1ccc([N+](=O)[O-])cc1. The number of allylic oxidation sites excluding steroid dienone is 2. The standard InChI is InChI=1S/C27H28N2O6/c1-4-13-35-27(31)24-16(2)28-21-14-18(20-7-5-6-8-23(20)34-3)15-22(30)26(21)25(24)17-9-11-19(12-10-17)29(32)33/h5-12,18,24-25H,4,13-15H2,1-3H3. The van der Waals surface area contributed by atoms with E-state index in [1.807, 2.05) is 31.2 Å². The first-order chi connectivity index (χ1) is 16.8. The van der Waals surface area contributed by atoms with Crippen LogP contribution in [0.15, 0.2) is 64.8 Å². The van der Waals surface area contributed by atoms with E-state index in [-0.39, 0.29) is 30.4 Å². The number of nitro benzene ring substituents is 1. The van der Waals surface area contributed by atoms with Crippen LogP contribution in [0.3, 0.4) is 0 Å². The third kappa shape index (κ3) is 4.73. The van der Waals surface area contributed by atoms with Crippen molar-refractivity contribution in [2.45, 2.75) is 44.9 Å². The number of methoxy groups -OCH3 is 1. The fourth-order valence-corrected chi connectivity index (χ4v) is 5.04. The summed E-state index contributed by atoms with van der Waals surface area (Å²) in [5, 5.41) is 11.2. The Balaban J connectivity index is 1.79. The van der Waals surface area contributed by atoms with Gasteiger partial charge in [0, 0.05) is 47.4 Å². The molecule has 8 nitrogen and oxygen atoms in total. The molecular formula is C27H28N2O6. The van der Waals surface area contributed by atoms with E-state index in [4.69, 9.17) is 14.5 Å². The molecule has 0 bridgehead atoms. The number of benzene rings is 2. The van der Waals surface area contributed by atoms with Crippen LogP contribution < -0.4 is 4.74 Å². The van der Waals surface area contributed by atoms with Crippen molar-refractivity contribution >= 4 is 23.2 Å². The number of aliphatic imine (C=N–C) groups is 1. The van der Waals surface area contributed by atoms with Crippen molar-refractivity contribution in [3.8, 4) is 5.75 Å². The Hall–Kier alpha value is -3.81. The van der Waals surface area contributed by atoms with Crippen LogP contribution >= 0.6 is 0 Å². The van der Waals surface area contributed by atoms with Gasteiger partial charge < -0.3 is 9.47 Å². The quantitative estimate of drug-likeness (QED) is 0.311. The van der Waals surface area contributed by atoms with Crippen molar-refractivity contribution in [3.05, 3.63) is 81.0 Å². The van der Waals surface area contributed by atoms with E-state index in [0.717, 1.165) is 11.3 Å². The number of carbonyl (C=O) groups is 2.